The summed E-state index contributed by atoms with van der Waals surface area (Å²) in [7, 11) is 0. The van der Waals surface area contributed by atoms with Crippen LogP contribution in [-0.2, 0) is 0 Å². The molecule has 0 fully saturated rings. The van der Waals surface area contributed by atoms with Gasteiger partial charge in [0.1, 0.15) is 0 Å². The Morgan fingerprint density at radius 1 is 1.50 bits per heavy atom. The minimum atomic E-state index is 0.137. The average Bonchev–Trinajstić information content (AvgIpc) is 2.03. The van der Waals surface area contributed by atoms with Gasteiger partial charge in [0.05, 0.1) is 0 Å². The largest absolute Gasteiger partial charge is 0.324 e. The Bertz CT molecular complexity index is 269. The van der Waals surface area contributed by atoms with Crippen LogP contribution < -0.4 is 5.73 Å². The molecule has 0 saturated carbocycles. The summed E-state index contributed by atoms with van der Waals surface area (Å²) in [5, 5.41) is 0. The average molecular weight is 164 g/mol. The maximum absolute atomic E-state index is 5.91. The normalized spacial score (nSPS) is 13.0. The van der Waals surface area contributed by atoms with Crippen molar-refractivity contribution in [3.63, 3.8) is 0 Å². The first kappa shape index (κ1) is 9.20. The predicted molar refractivity (Wildman–Crippen MR) is 50.9 cm³/mol. The van der Waals surface area contributed by atoms with Gasteiger partial charge >= 0.3 is 0 Å². The van der Waals surface area contributed by atoms with Gasteiger partial charge in [-0.25, -0.2) is 0 Å². The Hall–Kier alpha value is -0.890. The lowest BCUT2D eigenvalue weighted by Crippen LogP contribution is -2.10. The van der Waals surface area contributed by atoms with Crippen molar-refractivity contribution in [2.45, 2.75) is 33.2 Å². The summed E-state index contributed by atoms with van der Waals surface area (Å²) in [6.45, 7) is 6.16. The fourth-order valence-corrected chi connectivity index (χ4v) is 1.32. The Morgan fingerprint density at radius 3 is 2.67 bits per heavy atom. The minimum Gasteiger partial charge on any atom is -0.324 e. The van der Waals surface area contributed by atoms with Crippen LogP contribution in [0.25, 0.3) is 0 Å². The molecule has 0 aromatic carbocycles. The van der Waals surface area contributed by atoms with E-state index in [0.29, 0.717) is 0 Å². The SMILES string of the molecule is CC[C@H](N)c1cnc(C)cc1C. The molecule has 1 aromatic heterocycles. The van der Waals surface area contributed by atoms with Crippen LogP contribution in [-0.4, -0.2) is 4.98 Å². The fraction of sp³-hybridized carbons (Fsp3) is 0.500. The Morgan fingerprint density at radius 2 is 2.17 bits per heavy atom. The Balaban J connectivity index is 3.01. The van der Waals surface area contributed by atoms with Crippen LogP contribution in [0.15, 0.2) is 12.3 Å². The van der Waals surface area contributed by atoms with E-state index in [1.165, 1.54) is 11.1 Å². The van der Waals surface area contributed by atoms with E-state index in [9.17, 15) is 0 Å². The van der Waals surface area contributed by atoms with E-state index in [-0.39, 0.29) is 6.04 Å². The van der Waals surface area contributed by atoms with Crippen LogP contribution in [0, 0.1) is 13.8 Å². The monoisotopic (exact) mass is 164 g/mol. The molecule has 2 nitrogen and oxygen atoms in total. The van der Waals surface area contributed by atoms with Crippen molar-refractivity contribution in [1.29, 1.82) is 0 Å². The van der Waals surface area contributed by atoms with Gasteiger partial charge in [-0.3, -0.25) is 4.98 Å². The maximum Gasteiger partial charge on any atom is 0.0375 e. The summed E-state index contributed by atoms with van der Waals surface area (Å²) in [4.78, 5) is 4.23. The summed E-state index contributed by atoms with van der Waals surface area (Å²) < 4.78 is 0. The van der Waals surface area contributed by atoms with Crippen LogP contribution in [0.1, 0.15) is 36.2 Å². The molecule has 0 aliphatic rings. The first-order valence-electron chi connectivity index (χ1n) is 4.34. The van der Waals surface area contributed by atoms with E-state index in [4.69, 9.17) is 5.73 Å². The second-order valence-electron chi connectivity index (χ2n) is 3.20. The molecule has 0 radical (unpaired) electrons. The molecular formula is C10H16N2. The van der Waals surface area contributed by atoms with Crippen molar-refractivity contribution >= 4 is 0 Å². The molecule has 1 heterocycles. The van der Waals surface area contributed by atoms with Crippen molar-refractivity contribution in [3.05, 3.63) is 29.1 Å². The molecule has 1 rings (SSSR count). The summed E-state index contributed by atoms with van der Waals surface area (Å²) >= 11 is 0. The third-order valence-corrected chi connectivity index (χ3v) is 2.13. The van der Waals surface area contributed by atoms with E-state index in [1.807, 2.05) is 13.1 Å². The molecule has 0 amide bonds. The van der Waals surface area contributed by atoms with Crippen LogP contribution in [0.5, 0.6) is 0 Å². The minimum absolute atomic E-state index is 0.137. The van der Waals surface area contributed by atoms with Gasteiger partial charge < -0.3 is 5.73 Å². The number of hydrogen-bond donors (Lipinski definition) is 1. The zero-order valence-corrected chi connectivity index (χ0v) is 7.96. The molecule has 0 unspecified atom stereocenters. The van der Waals surface area contributed by atoms with Gasteiger partial charge in [0.15, 0.2) is 0 Å². The highest BCUT2D eigenvalue weighted by molar-refractivity contribution is 5.27. The van der Waals surface area contributed by atoms with E-state index in [2.05, 4.69) is 24.9 Å². The molecular weight excluding hydrogens is 148 g/mol. The third kappa shape index (κ3) is 1.83. The molecule has 0 aliphatic heterocycles. The fourth-order valence-electron chi connectivity index (χ4n) is 1.32. The van der Waals surface area contributed by atoms with Crippen LogP contribution in [0.3, 0.4) is 0 Å². The van der Waals surface area contributed by atoms with Crippen molar-refractivity contribution < 1.29 is 0 Å². The van der Waals surface area contributed by atoms with Gasteiger partial charge in [-0.15, -0.1) is 0 Å². The topological polar surface area (TPSA) is 38.9 Å². The third-order valence-electron chi connectivity index (χ3n) is 2.13. The highest BCUT2D eigenvalue weighted by atomic mass is 14.7. The summed E-state index contributed by atoms with van der Waals surface area (Å²) in [5.74, 6) is 0. The summed E-state index contributed by atoms with van der Waals surface area (Å²) in [5.41, 5.74) is 9.38. The summed E-state index contributed by atoms with van der Waals surface area (Å²) in [6.07, 6.45) is 2.85. The Labute approximate surface area is 73.8 Å². The van der Waals surface area contributed by atoms with Crippen molar-refractivity contribution in [1.82, 2.24) is 4.98 Å². The molecule has 2 N–H and O–H groups in total. The standard InChI is InChI=1S/C10H16N2/c1-4-10(11)9-6-12-8(3)5-7(9)2/h5-6,10H,4,11H2,1-3H3/t10-/m0/s1. The first-order valence-corrected chi connectivity index (χ1v) is 4.34. The van der Waals surface area contributed by atoms with Crippen molar-refractivity contribution in [2.75, 3.05) is 0 Å². The number of aryl methyl sites for hydroxylation is 2. The van der Waals surface area contributed by atoms with Gasteiger partial charge in [-0.05, 0) is 37.5 Å². The maximum atomic E-state index is 5.91. The lowest BCUT2D eigenvalue weighted by Gasteiger charge is -2.11. The van der Waals surface area contributed by atoms with Gasteiger partial charge in [-0.2, -0.15) is 0 Å². The lowest BCUT2D eigenvalue weighted by molar-refractivity contribution is 0.689. The number of aromatic nitrogens is 1. The summed E-state index contributed by atoms with van der Waals surface area (Å²) in [6, 6.07) is 2.21. The van der Waals surface area contributed by atoms with Gasteiger partial charge in [0.25, 0.3) is 0 Å². The molecule has 12 heavy (non-hydrogen) atoms. The number of pyridine rings is 1. The molecule has 1 atom stereocenters. The molecule has 0 spiro atoms. The predicted octanol–water partition coefficient (Wildman–Crippen LogP) is 2.11. The smallest absolute Gasteiger partial charge is 0.0375 e. The van der Waals surface area contributed by atoms with E-state index in [0.717, 1.165) is 12.1 Å². The zero-order valence-electron chi connectivity index (χ0n) is 7.96. The zero-order chi connectivity index (χ0) is 9.14. The van der Waals surface area contributed by atoms with Crippen molar-refractivity contribution in [2.24, 2.45) is 5.73 Å². The highest BCUT2D eigenvalue weighted by Crippen LogP contribution is 2.17. The van der Waals surface area contributed by atoms with Crippen molar-refractivity contribution in [3.8, 4) is 0 Å². The van der Waals surface area contributed by atoms with Crippen LogP contribution >= 0.6 is 0 Å². The van der Waals surface area contributed by atoms with Gasteiger partial charge in [0, 0.05) is 17.9 Å². The molecule has 0 aliphatic carbocycles. The number of hydrogen-bond acceptors (Lipinski definition) is 2. The quantitative estimate of drug-likeness (QED) is 0.727. The lowest BCUT2D eigenvalue weighted by atomic mass is 10.0. The molecule has 2 heteroatoms. The molecule has 0 bridgehead atoms. The van der Waals surface area contributed by atoms with Crippen LogP contribution in [0.2, 0.25) is 0 Å². The molecule has 0 saturated heterocycles. The number of nitrogens with zero attached hydrogens (tertiary/aromatic N) is 1. The van der Waals surface area contributed by atoms with E-state index < -0.39 is 0 Å². The first-order chi connectivity index (χ1) is 5.65. The second-order valence-corrected chi connectivity index (χ2v) is 3.20. The number of nitrogens with two attached hydrogens (primary N) is 1. The molecule has 1 aromatic rings. The van der Waals surface area contributed by atoms with Gasteiger partial charge in [-0.1, -0.05) is 6.92 Å². The van der Waals surface area contributed by atoms with E-state index >= 15 is 0 Å². The number of rotatable bonds is 2. The van der Waals surface area contributed by atoms with Crippen LogP contribution in [0.4, 0.5) is 0 Å². The second kappa shape index (κ2) is 3.68. The van der Waals surface area contributed by atoms with E-state index in [1.54, 1.807) is 0 Å². The molecule has 66 valence electrons. The highest BCUT2D eigenvalue weighted by Gasteiger charge is 2.06. The van der Waals surface area contributed by atoms with Gasteiger partial charge in [0.2, 0.25) is 0 Å². The Kier molecular flexibility index (Phi) is 2.82.